The van der Waals surface area contributed by atoms with Crippen LogP contribution in [0.25, 0.3) is 0 Å². The molecule has 0 spiro atoms. The fourth-order valence-electron chi connectivity index (χ4n) is 9.46. The smallest absolute Gasteiger partial charge is 0.268 e. The van der Waals surface area contributed by atoms with E-state index in [0.29, 0.717) is 23.9 Å². The topological polar surface area (TPSA) is 108 Å². The molecule has 0 rings (SSSR count). The third kappa shape index (κ3) is 56.4. The Balaban J connectivity index is 4.12. The summed E-state index contributed by atoms with van der Waals surface area (Å²) in [5, 5.41) is 14.1. The number of aliphatic hydroxyl groups excluding tert-OH is 1. The second kappa shape index (κ2) is 54.5. The summed E-state index contributed by atoms with van der Waals surface area (Å²) >= 11 is 0. The number of allylic oxidation sites excluding steroid dienone is 6. The number of phosphoric acid groups is 1. The van der Waals surface area contributed by atoms with Gasteiger partial charge in [-0.15, -0.1) is 0 Å². The zero-order valence-electron chi connectivity index (χ0n) is 48.6. The molecule has 9 heteroatoms. The Morgan fingerprint density at radius 3 is 1.17 bits per heavy atom. The molecule has 0 bridgehead atoms. The van der Waals surface area contributed by atoms with Crippen molar-refractivity contribution in [3.63, 3.8) is 0 Å². The van der Waals surface area contributed by atoms with E-state index in [-0.39, 0.29) is 19.1 Å². The minimum absolute atomic E-state index is 0.0107. The van der Waals surface area contributed by atoms with Crippen molar-refractivity contribution in [3.05, 3.63) is 36.5 Å². The van der Waals surface area contributed by atoms with E-state index in [0.717, 1.165) is 57.8 Å². The van der Waals surface area contributed by atoms with Gasteiger partial charge in [0, 0.05) is 6.42 Å². The van der Waals surface area contributed by atoms with Crippen LogP contribution in [0.1, 0.15) is 309 Å². The third-order valence-corrected chi connectivity index (χ3v) is 15.3. The second-order valence-electron chi connectivity index (χ2n) is 22.8. The summed E-state index contributed by atoms with van der Waals surface area (Å²) in [6.07, 6.45) is 70.4. The average Bonchev–Trinajstić information content (AvgIpc) is 3.34. The highest BCUT2D eigenvalue weighted by molar-refractivity contribution is 7.45. The van der Waals surface area contributed by atoms with Gasteiger partial charge in [-0.2, -0.15) is 0 Å². The highest BCUT2D eigenvalue weighted by Crippen LogP contribution is 2.38. The Morgan fingerprint density at radius 2 is 0.806 bits per heavy atom. The molecule has 0 saturated carbocycles. The van der Waals surface area contributed by atoms with E-state index in [2.05, 4.69) is 55.6 Å². The highest BCUT2D eigenvalue weighted by atomic mass is 31.2. The molecule has 1 amide bonds. The number of quaternary nitrogens is 1. The molecule has 8 nitrogen and oxygen atoms in total. The summed E-state index contributed by atoms with van der Waals surface area (Å²) in [5.74, 6) is -0.168. The largest absolute Gasteiger partial charge is 0.756 e. The van der Waals surface area contributed by atoms with E-state index < -0.39 is 20.0 Å². The number of unbranched alkanes of at least 4 members (excludes halogenated alkanes) is 39. The molecule has 0 fully saturated rings. The number of phosphoric ester groups is 1. The van der Waals surface area contributed by atoms with Crippen LogP contribution in [-0.4, -0.2) is 68.5 Å². The van der Waals surface area contributed by atoms with Gasteiger partial charge in [0.2, 0.25) is 5.91 Å². The SMILES string of the molecule is CCCCCCC/C=C\C/C=C\C/C=C\CCCCCCCCCCC(=O)NC(COP(=O)([O-])OCC[N+](C)(C)C)C(O)CCCCCCCCCCCCCCCCCCCCCCCCCCCCC. The van der Waals surface area contributed by atoms with E-state index in [4.69, 9.17) is 9.05 Å². The fourth-order valence-corrected chi connectivity index (χ4v) is 10.2. The summed E-state index contributed by atoms with van der Waals surface area (Å²) in [6, 6.07) is -0.806. The van der Waals surface area contributed by atoms with Crippen LogP contribution in [0.2, 0.25) is 0 Å². The molecule has 0 aromatic carbocycles. The van der Waals surface area contributed by atoms with Crippen LogP contribution in [0.15, 0.2) is 36.5 Å². The third-order valence-electron chi connectivity index (χ3n) is 14.4. The number of aliphatic hydroxyl groups is 1. The van der Waals surface area contributed by atoms with Crippen LogP contribution < -0.4 is 10.2 Å². The molecule has 0 aliphatic rings. The molecule has 2 N–H and O–H groups in total. The second-order valence-corrected chi connectivity index (χ2v) is 24.2. The molecule has 72 heavy (non-hydrogen) atoms. The standard InChI is InChI=1S/C63H123N2O6P/c1-6-8-10-12-14-16-18-20-22-24-26-28-30-31-32-33-35-36-38-40-42-44-46-48-50-52-54-56-62(66)61(60-71-72(68,69)70-59-58-65(3,4)5)64-63(67)57-55-53-51-49-47-45-43-41-39-37-34-29-27-25-23-21-19-17-15-13-11-9-7-2/h19,21,25,27,34,37,61-62,66H,6-18,20,22-24,26,28-33,35-36,38-60H2,1-5H3,(H-,64,67,68,69)/b21-19-,27-25-,37-34-. The zero-order valence-corrected chi connectivity index (χ0v) is 49.5. The summed E-state index contributed by atoms with van der Waals surface area (Å²) in [6.45, 7) is 4.75. The molecule has 0 aromatic rings. The Labute approximate surface area is 448 Å². The van der Waals surface area contributed by atoms with Crippen molar-refractivity contribution in [3.8, 4) is 0 Å². The van der Waals surface area contributed by atoms with Gasteiger partial charge in [-0.1, -0.05) is 288 Å². The van der Waals surface area contributed by atoms with Crippen molar-refractivity contribution >= 4 is 13.7 Å². The maximum absolute atomic E-state index is 13.0. The van der Waals surface area contributed by atoms with Crippen molar-refractivity contribution < 1.29 is 32.9 Å². The lowest BCUT2D eigenvalue weighted by molar-refractivity contribution is -0.870. The van der Waals surface area contributed by atoms with Gasteiger partial charge in [0.1, 0.15) is 13.2 Å². The van der Waals surface area contributed by atoms with Crippen molar-refractivity contribution in [2.45, 2.75) is 321 Å². The van der Waals surface area contributed by atoms with Gasteiger partial charge in [0.25, 0.3) is 7.82 Å². The van der Waals surface area contributed by atoms with Gasteiger partial charge in [-0.05, 0) is 51.4 Å². The number of likely N-dealkylation sites (N-methyl/N-ethyl adjacent to an activating group) is 1. The number of rotatable bonds is 58. The van der Waals surface area contributed by atoms with Crippen LogP contribution in [0.5, 0.6) is 0 Å². The number of nitrogens with zero attached hydrogens (tertiary/aromatic N) is 1. The Bertz CT molecular complexity index is 1270. The lowest BCUT2D eigenvalue weighted by Crippen LogP contribution is -2.46. The van der Waals surface area contributed by atoms with Crippen molar-refractivity contribution in [1.82, 2.24) is 5.32 Å². The Kier molecular flexibility index (Phi) is 53.5. The number of carbonyl (C=O) groups excluding carboxylic acids is 1. The summed E-state index contributed by atoms with van der Waals surface area (Å²) in [4.78, 5) is 25.6. The van der Waals surface area contributed by atoms with E-state index >= 15 is 0 Å². The van der Waals surface area contributed by atoms with Crippen molar-refractivity contribution in [1.29, 1.82) is 0 Å². The maximum Gasteiger partial charge on any atom is 0.268 e. The maximum atomic E-state index is 13.0. The molecule has 0 heterocycles. The van der Waals surface area contributed by atoms with Crippen LogP contribution in [-0.2, 0) is 18.4 Å². The summed E-state index contributed by atoms with van der Waals surface area (Å²) in [5.41, 5.74) is 0. The first-order chi connectivity index (χ1) is 35.0. The van der Waals surface area contributed by atoms with Crippen LogP contribution >= 0.6 is 7.82 Å². The first-order valence-corrected chi connectivity index (χ1v) is 32.8. The number of hydrogen-bond acceptors (Lipinski definition) is 6. The van der Waals surface area contributed by atoms with Crippen LogP contribution in [0, 0.1) is 0 Å². The van der Waals surface area contributed by atoms with Gasteiger partial charge in [0.15, 0.2) is 0 Å². The summed E-state index contributed by atoms with van der Waals surface area (Å²) in [7, 11) is 1.31. The number of hydrogen-bond donors (Lipinski definition) is 2. The number of carbonyl (C=O) groups is 1. The first-order valence-electron chi connectivity index (χ1n) is 31.3. The van der Waals surface area contributed by atoms with Gasteiger partial charge < -0.3 is 28.8 Å². The molecule has 0 aromatic heterocycles. The predicted octanol–water partition coefficient (Wildman–Crippen LogP) is 18.7. The normalized spacial score (nSPS) is 14.0. The van der Waals surface area contributed by atoms with Crippen molar-refractivity contribution in [2.24, 2.45) is 0 Å². The van der Waals surface area contributed by atoms with E-state index in [1.54, 1.807) is 0 Å². The lowest BCUT2D eigenvalue weighted by Gasteiger charge is -2.30. The minimum Gasteiger partial charge on any atom is -0.756 e. The molecule has 0 saturated heterocycles. The first kappa shape index (κ1) is 70.7. The molecule has 3 unspecified atom stereocenters. The van der Waals surface area contributed by atoms with E-state index in [9.17, 15) is 19.4 Å². The molecular weight excluding hydrogens is 912 g/mol. The van der Waals surface area contributed by atoms with Crippen LogP contribution in [0.3, 0.4) is 0 Å². The van der Waals surface area contributed by atoms with Gasteiger partial charge in [-0.3, -0.25) is 9.36 Å². The molecule has 0 aliphatic heterocycles. The molecule has 426 valence electrons. The highest BCUT2D eigenvalue weighted by Gasteiger charge is 2.24. The lowest BCUT2D eigenvalue weighted by atomic mass is 10.0. The van der Waals surface area contributed by atoms with E-state index in [1.807, 2.05) is 21.1 Å². The predicted molar refractivity (Wildman–Crippen MR) is 311 cm³/mol. The van der Waals surface area contributed by atoms with E-state index in [1.165, 1.54) is 225 Å². The number of nitrogens with one attached hydrogen (secondary N) is 1. The van der Waals surface area contributed by atoms with Crippen molar-refractivity contribution in [2.75, 3.05) is 40.9 Å². The van der Waals surface area contributed by atoms with Gasteiger partial charge in [0.05, 0.1) is 39.9 Å². The monoisotopic (exact) mass is 1030 g/mol. The quantitative estimate of drug-likeness (QED) is 0.0272. The minimum atomic E-state index is -4.58. The molecule has 0 aliphatic carbocycles. The molecular formula is C63H123N2O6P. The Hall–Kier alpha value is -1.28. The van der Waals surface area contributed by atoms with Gasteiger partial charge >= 0.3 is 0 Å². The average molecular weight is 1040 g/mol. The van der Waals surface area contributed by atoms with Crippen LogP contribution in [0.4, 0.5) is 0 Å². The van der Waals surface area contributed by atoms with Gasteiger partial charge in [-0.25, -0.2) is 0 Å². The Morgan fingerprint density at radius 1 is 0.486 bits per heavy atom. The summed E-state index contributed by atoms with van der Waals surface area (Å²) < 4.78 is 23.5. The fraction of sp³-hybridized carbons (Fsp3) is 0.889. The number of amides is 1. The molecule has 0 radical (unpaired) electrons. The zero-order chi connectivity index (χ0) is 52.7. The molecule has 3 atom stereocenters.